The van der Waals surface area contributed by atoms with Crippen molar-refractivity contribution in [3.8, 4) is 23.0 Å². The molecule has 3 rings (SSSR count). The highest BCUT2D eigenvalue weighted by atomic mass is 35.5. The van der Waals surface area contributed by atoms with Gasteiger partial charge in [-0.25, -0.2) is 0 Å². The van der Waals surface area contributed by atoms with Gasteiger partial charge in [0.2, 0.25) is 0 Å². The van der Waals surface area contributed by atoms with Crippen LogP contribution in [0.4, 0.5) is 0 Å². The second-order valence-corrected chi connectivity index (χ2v) is 7.39. The fraction of sp³-hybridized carbons (Fsp3) is 0.280. The fourth-order valence-electron chi connectivity index (χ4n) is 3.21. The summed E-state index contributed by atoms with van der Waals surface area (Å²) in [7, 11) is 4.93. The van der Waals surface area contributed by atoms with Gasteiger partial charge in [0.1, 0.15) is 6.61 Å². The maximum atomic E-state index is 6.20. The second kappa shape index (κ2) is 11.5. The number of benzene rings is 3. The van der Waals surface area contributed by atoms with Crippen molar-refractivity contribution in [2.45, 2.75) is 19.6 Å². The molecule has 3 aromatic rings. The predicted molar refractivity (Wildman–Crippen MR) is 124 cm³/mol. The van der Waals surface area contributed by atoms with E-state index in [2.05, 4.69) is 11.4 Å². The Kier molecular flexibility index (Phi) is 8.44. The highest BCUT2D eigenvalue weighted by Gasteiger charge is 2.08. The van der Waals surface area contributed by atoms with Crippen molar-refractivity contribution in [3.05, 3.63) is 82.4 Å². The molecule has 31 heavy (non-hydrogen) atoms. The first kappa shape index (κ1) is 22.8. The van der Waals surface area contributed by atoms with Crippen LogP contribution in [-0.2, 0) is 19.6 Å². The molecule has 0 saturated carbocycles. The zero-order valence-corrected chi connectivity index (χ0v) is 18.9. The van der Waals surface area contributed by atoms with Crippen molar-refractivity contribution in [2.24, 2.45) is 0 Å². The lowest BCUT2D eigenvalue weighted by molar-refractivity contribution is 0.284. The molecule has 0 aromatic heterocycles. The van der Waals surface area contributed by atoms with Crippen LogP contribution in [-0.4, -0.2) is 27.9 Å². The Bertz CT molecular complexity index is 993. The molecule has 0 heterocycles. The van der Waals surface area contributed by atoms with Gasteiger partial charge < -0.3 is 24.3 Å². The van der Waals surface area contributed by atoms with Gasteiger partial charge in [0.15, 0.2) is 23.0 Å². The summed E-state index contributed by atoms with van der Waals surface area (Å²) in [6.07, 6.45) is 0.885. The molecule has 1 N–H and O–H groups in total. The van der Waals surface area contributed by atoms with Crippen LogP contribution >= 0.6 is 11.6 Å². The SMILES string of the molecule is COc1ccc(CCNCc2ccc(OCc3ccccc3Cl)c(OC)c2)cc1OC. The Morgan fingerprint density at radius 1 is 0.742 bits per heavy atom. The Balaban J connectivity index is 1.52. The number of methoxy groups -OCH3 is 3. The smallest absolute Gasteiger partial charge is 0.161 e. The lowest BCUT2D eigenvalue weighted by Crippen LogP contribution is -2.16. The molecule has 0 atom stereocenters. The Morgan fingerprint density at radius 3 is 2.13 bits per heavy atom. The van der Waals surface area contributed by atoms with Crippen LogP contribution in [0.2, 0.25) is 5.02 Å². The van der Waals surface area contributed by atoms with E-state index in [0.717, 1.165) is 42.1 Å². The Labute approximate surface area is 188 Å². The average Bonchev–Trinajstić information content (AvgIpc) is 2.81. The van der Waals surface area contributed by atoms with E-state index < -0.39 is 0 Å². The average molecular weight is 442 g/mol. The molecular weight excluding hydrogens is 414 g/mol. The van der Waals surface area contributed by atoms with Gasteiger partial charge in [0.05, 0.1) is 21.3 Å². The van der Waals surface area contributed by atoms with E-state index in [4.69, 9.17) is 30.5 Å². The van der Waals surface area contributed by atoms with Crippen LogP contribution in [0, 0.1) is 0 Å². The maximum absolute atomic E-state index is 6.20. The van der Waals surface area contributed by atoms with Gasteiger partial charge in [-0.2, -0.15) is 0 Å². The molecule has 0 unspecified atom stereocenters. The van der Waals surface area contributed by atoms with Crippen LogP contribution < -0.4 is 24.3 Å². The number of hydrogen-bond donors (Lipinski definition) is 1. The summed E-state index contributed by atoms with van der Waals surface area (Å²) in [4.78, 5) is 0. The minimum Gasteiger partial charge on any atom is -0.493 e. The molecule has 0 spiro atoms. The summed E-state index contributed by atoms with van der Waals surface area (Å²) in [5, 5.41) is 4.16. The highest BCUT2D eigenvalue weighted by molar-refractivity contribution is 6.31. The summed E-state index contributed by atoms with van der Waals surface area (Å²) in [5.41, 5.74) is 3.24. The first-order valence-electron chi connectivity index (χ1n) is 10.1. The molecule has 0 aliphatic carbocycles. The van der Waals surface area contributed by atoms with E-state index in [1.165, 1.54) is 5.56 Å². The molecule has 0 fully saturated rings. The minimum absolute atomic E-state index is 0.388. The topological polar surface area (TPSA) is 49.0 Å². The monoisotopic (exact) mass is 441 g/mol. The summed E-state index contributed by atoms with van der Waals surface area (Å²) >= 11 is 6.20. The number of halogens is 1. The zero-order chi connectivity index (χ0) is 22.1. The first-order chi connectivity index (χ1) is 15.1. The molecule has 3 aromatic carbocycles. The van der Waals surface area contributed by atoms with Crippen LogP contribution in [0.5, 0.6) is 23.0 Å². The molecule has 164 valence electrons. The predicted octanol–water partition coefficient (Wildman–Crippen LogP) is 5.28. The van der Waals surface area contributed by atoms with Gasteiger partial charge in [0, 0.05) is 17.1 Å². The first-order valence-corrected chi connectivity index (χ1v) is 10.5. The van der Waals surface area contributed by atoms with Crippen LogP contribution in [0.1, 0.15) is 16.7 Å². The standard InChI is InChI=1S/C25H28ClNO4/c1-28-22-10-8-18(14-24(22)29-2)12-13-27-16-19-9-11-23(25(15-19)30-3)31-17-20-6-4-5-7-21(20)26/h4-11,14-15,27H,12-13,16-17H2,1-3H3. The Morgan fingerprint density at radius 2 is 1.39 bits per heavy atom. The van der Waals surface area contributed by atoms with Crippen LogP contribution in [0.3, 0.4) is 0 Å². The second-order valence-electron chi connectivity index (χ2n) is 6.98. The summed E-state index contributed by atoms with van der Waals surface area (Å²) in [5.74, 6) is 2.88. The van der Waals surface area contributed by atoms with E-state index in [1.54, 1.807) is 21.3 Å². The fourth-order valence-corrected chi connectivity index (χ4v) is 3.40. The maximum Gasteiger partial charge on any atom is 0.161 e. The Hall–Kier alpha value is -2.89. The summed E-state index contributed by atoms with van der Waals surface area (Å²) < 4.78 is 22.1. The van der Waals surface area contributed by atoms with Crippen molar-refractivity contribution in [1.82, 2.24) is 5.32 Å². The molecule has 0 saturated heterocycles. The van der Waals surface area contributed by atoms with Crippen molar-refractivity contribution in [3.63, 3.8) is 0 Å². The third-order valence-corrected chi connectivity index (χ3v) is 5.31. The normalized spacial score (nSPS) is 10.6. The van der Waals surface area contributed by atoms with E-state index >= 15 is 0 Å². The molecule has 0 bridgehead atoms. The minimum atomic E-state index is 0.388. The zero-order valence-electron chi connectivity index (χ0n) is 18.1. The van der Waals surface area contributed by atoms with Crippen molar-refractivity contribution in [1.29, 1.82) is 0 Å². The van der Waals surface area contributed by atoms with Crippen LogP contribution in [0.15, 0.2) is 60.7 Å². The lowest BCUT2D eigenvalue weighted by Gasteiger charge is -2.13. The number of hydrogen-bond acceptors (Lipinski definition) is 5. The third-order valence-electron chi connectivity index (χ3n) is 4.94. The van der Waals surface area contributed by atoms with E-state index in [0.29, 0.717) is 23.1 Å². The molecule has 0 radical (unpaired) electrons. The largest absolute Gasteiger partial charge is 0.493 e. The molecule has 0 aliphatic heterocycles. The van der Waals surface area contributed by atoms with Crippen molar-refractivity contribution < 1.29 is 18.9 Å². The molecule has 6 heteroatoms. The molecule has 5 nitrogen and oxygen atoms in total. The van der Waals surface area contributed by atoms with Crippen molar-refractivity contribution >= 4 is 11.6 Å². The van der Waals surface area contributed by atoms with E-state index in [9.17, 15) is 0 Å². The number of ether oxygens (including phenoxy) is 4. The lowest BCUT2D eigenvalue weighted by atomic mass is 10.1. The van der Waals surface area contributed by atoms with E-state index in [-0.39, 0.29) is 0 Å². The third kappa shape index (κ3) is 6.29. The molecule has 0 amide bonds. The van der Waals surface area contributed by atoms with Gasteiger partial charge in [-0.15, -0.1) is 0 Å². The van der Waals surface area contributed by atoms with Gasteiger partial charge in [-0.1, -0.05) is 41.9 Å². The van der Waals surface area contributed by atoms with Gasteiger partial charge in [-0.05, 0) is 54.4 Å². The number of nitrogens with one attached hydrogen (secondary N) is 1. The highest BCUT2D eigenvalue weighted by Crippen LogP contribution is 2.30. The van der Waals surface area contributed by atoms with Crippen molar-refractivity contribution in [2.75, 3.05) is 27.9 Å². The quantitative estimate of drug-likeness (QED) is 0.410. The molecular formula is C25H28ClNO4. The van der Waals surface area contributed by atoms with Gasteiger partial charge in [-0.3, -0.25) is 0 Å². The summed E-state index contributed by atoms with van der Waals surface area (Å²) in [6, 6.07) is 19.6. The van der Waals surface area contributed by atoms with Gasteiger partial charge in [0.25, 0.3) is 0 Å². The van der Waals surface area contributed by atoms with E-state index in [1.807, 2.05) is 54.6 Å². The van der Waals surface area contributed by atoms with Gasteiger partial charge >= 0.3 is 0 Å². The number of rotatable bonds is 11. The van der Waals surface area contributed by atoms with Crippen LogP contribution in [0.25, 0.3) is 0 Å². The summed E-state index contributed by atoms with van der Waals surface area (Å²) in [6.45, 7) is 1.95. The molecule has 0 aliphatic rings.